The summed E-state index contributed by atoms with van der Waals surface area (Å²) in [4.78, 5) is 15.7. The molecule has 0 saturated heterocycles. The van der Waals surface area contributed by atoms with Crippen LogP contribution in [0.5, 0.6) is 0 Å². The van der Waals surface area contributed by atoms with Crippen LogP contribution in [0.2, 0.25) is 0 Å². The summed E-state index contributed by atoms with van der Waals surface area (Å²) in [5.41, 5.74) is 0.706. The SMILES string of the molecule is CC(C)NC(=O)NS(=O)(=O)c1cnccc1Nc1cccc(SF)c1. The first-order chi connectivity index (χ1) is 11.8. The van der Waals surface area contributed by atoms with Crippen molar-refractivity contribution < 1.29 is 17.1 Å². The van der Waals surface area contributed by atoms with Gasteiger partial charge in [-0.25, -0.2) is 17.9 Å². The summed E-state index contributed by atoms with van der Waals surface area (Å²) in [5.74, 6) is 0. The third-order valence-electron chi connectivity index (χ3n) is 2.92. The minimum Gasteiger partial charge on any atom is -0.354 e. The Morgan fingerprint density at radius 3 is 2.72 bits per heavy atom. The Morgan fingerprint density at radius 1 is 1.28 bits per heavy atom. The van der Waals surface area contributed by atoms with Crippen molar-refractivity contribution in [1.82, 2.24) is 15.0 Å². The number of halogens is 1. The lowest BCUT2D eigenvalue weighted by Crippen LogP contribution is -2.42. The summed E-state index contributed by atoms with van der Waals surface area (Å²) >= 11 is 0.0815. The standard InChI is InChI=1S/C15H17FN4O3S2/c1-10(2)18-15(21)20-25(22,23)14-9-17-7-6-13(14)19-11-4-3-5-12(8-11)24-16/h3-10H,1-2H3,(H,17,19)(H2,18,20,21). The van der Waals surface area contributed by atoms with Gasteiger partial charge >= 0.3 is 6.03 Å². The topological polar surface area (TPSA) is 100 Å². The molecule has 1 aromatic carbocycles. The van der Waals surface area contributed by atoms with E-state index in [1.807, 2.05) is 4.72 Å². The molecule has 0 bridgehead atoms. The number of anilines is 2. The fourth-order valence-corrected chi connectivity index (χ4v) is 3.27. The Kier molecular flexibility index (Phi) is 6.21. The maximum atomic E-state index is 12.7. The first-order valence-corrected chi connectivity index (χ1v) is 9.45. The molecule has 0 aliphatic carbocycles. The molecule has 0 spiro atoms. The second kappa shape index (κ2) is 8.17. The quantitative estimate of drug-likeness (QED) is 0.707. The van der Waals surface area contributed by atoms with Crippen molar-refractivity contribution in [3.8, 4) is 0 Å². The lowest BCUT2D eigenvalue weighted by Gasteiger charge is -2.14. The molecule has 10 heteroatoms. The van der Waals surface area contributed by atoms with Crippen molar-refractivity contribution in [3.63, 3.8) is 0 Å². The summed E-state index contributed by atoms with van der Waals surface area (Å²) in [6, 6.07) is 6.80. The van der Waals surface area contributed by atoms with Crippen LogP contribution in [0.25, 0.3) is 0 Å². The smallest absolute Gasteiger partial charge is 0.328 e. The highest BCUT2D eigenvalue weighted by atomic mass is 32.2. The Bertz CT molecular complexity index is 859. The molecule has 1 aromatic heterocycles. The summed E-state index contributed by atoms with van der Waals surface area (Å²) in [6.07, 6.45) is 2.53. The average Bonchev–Trinajstić information content (AvgIpc) is 2.54. The van der Waals surface area contributed by atoms with Crippen molar-refractivity contribution in [1.29, 1.82) is 0 Å². The number of nitrogens with zero attached hydrogens (tertiary/aromatic N) is 1. The number of aromatic nitrogens is 1. The first-order valence-electron chi connectivity index (χ1n) is 7.25. The highest BCUT2D eigenvalue weighted by Crippen LogP contribution is 2.27. The van der Waals surface area contributed by atoms with Crippen LogP contribution in [0.4, 0.5) is 20.1 Å². The third kappa shape index (κ3) is 5.33. The van der Waals surface area contributed by atoms with Gasteiger partial charge in [-0.05, 0) is 38.1 Å². The van der Waals surface area contributed by atoms with Crippen LogP contribution in [-0.2, 0) is 10.0 Å². The van der Waals surface area contributed by atoms with Gasteiger partial charge < -0.3 is 10.6 Å². The Balaban J connectivity index is 2.29. The molecule has 1 heterocycles. The monoisotopic (exact) mass is 384 g/mol. The molecule has 0 aliphatic heterocycles. The van der Waals surface area contributed by atoms with Crippen LogP contribution in [0.15, 0.2) is 52.5 Å². The van der Waals surface area contributed by atoms with Gasteiger partial charge in [0.25, 0.3) is 10.0 Å². The van der Waals surface area contributed by atoms with E-state index in [0.717, 1.165) is 6.20 Å². The van der Waals surface area contributed by atoms with Crippen molar-refractivity contribution in [2.45, 2.75) is 29.7 Å². The fourth-order valence-electron chi connectivity index (χ4n) is 1.94. The van der Waals surface area contributed by atoms with E-state index in [4.69, 9.17) is 0 Å². The van der Waals surface area contributed by atoms with E-state index >= 15 is 0 Å². The molecule has 0 radical (unpaired) electrons. The maximum Gasteiger partial charge on any atom is 0.328 e. The summed E-state index contributed by atoms with van der Waals surface area (Å²) < 4.78 is 39.5. The highest BCUT2D eigenvalue weighted by Gasteiger charge is 2.22. The van der Waals surface area contributed by atoms with E-state index in [2.05, 4.69) is 15.6 Å². The van der Waals surface area contributed by atoms with Crippen LogP contribution >= 0.6 is 12.1 Å². The molecule has 0 atom stereocenters. The van der Waals surface area contributed by atoms with Crippen molar-refractivity contribution in [3.05, 3.63) is 42.7 Å². The molecule has 0 aliphatic rings. The van der Waals surface area contributed by atoms with Crippen LogP contribution in [0.1, 0.15) is 13.8 Å². The number of rotatable bonds is 6. The number of nitrogens with one attached hydrogen (secondary N) is 3. The zero-order valence-electron chi connectivity index (χ0n) is 13.5. The van der Waals surface area contributed by atoms with Crippen LogP contribution in [0, 0.1) is 0 Å². The number of pyridine rings is 1. The number of sulfonamides is 1. The van der Waals surface area contributed by atoms with Crippen LogP contribution in [0.3, 0.4) is 0 Å². The second-order valence-corrected chi connectivity index (χ2v) is 7.61. The molecule has 2 rings (SSSR count). The molecule has 0 fully saturated rings. The van der Waals surface area contributed by atoms with Gasteiger partial charge in [0.15, 0.2) is 0 Å². The normalized spacial score (nSPS) is 11.2. The van der Waals surface area contributed by atoms with E-state index in [1.165, 1.54) is 18.3 Å². The predicted molar refractivity (Wildman–Crippen MR) is 94.9 cm³/mol. The average molecular weight is 384 g/mol. The number of carbonyl (C=O) groups is 1. The van der Waals surface area contributed by atoms with E-state index in [1.54, 1.807) is 32.0 Å². The van der Waals surface area contributed by atoms with Gasteiger partial charge in [-0.3, -0.25) is 4.98 Å². The van der Waals surface area contributed by atoms with E-state index in [0.29, 0.717) is 10.6 Å². The number of amides is 2. The van der Waals surface area contributed by atoms with Gasteiger partial charge in [-0.15, -0.1) is 0 Å². The molecule has 7 nitrogen and oxygen atoms in total. The third-order valence-corrected chi connectivity index (χ3v) is 4.71. The number of urea groups is 1. The molecule has 3 N–H and O–H groups in total. The fraction of sp³-hybridized carbons (Fsp3) is 0.200. The van der Waals surface area contributed by atoms with Crippen molar-refractivity contribution in [2.24, 2.45) is 0 Å². The number of carbonyl (C=O) groups excluding carboxylic acids is 1. The maximum absolute atomic E-state index is 12.7. The zero-order chi connectivity index (χ0) is 18.4. The lowest BCUT2D eigenvalue weighted by molar-refractivity contribution is 0.243. The second-order valence-electron chi connectivity index (χ2n) is 5.34. The van der Waals surface area contributed by atoms with E-state index in [9.17, 15) is 17.1 Å². The Labute approximate surface area is 149 Å². The molecule has 2 amide bonds. The predicted octanol–water partition coefficient (Wildman–Crippen LogP) is 3.20. The Morgan fingerprint density at radius 2 is 2.04 bits per heavy atom. The van der Waals surface area contributed by atoms with E-state index in [-0.39, 0.29) is 28.8 Å². The number of benzene rings is 1. The summed E-state index contributed by atoms with van der Waals surface area (Å²) in [7, 11) is -4.14. The largest absolute Gasteiger partial charge is 0.354 e. The Hall–Kier alpha value is -2.33. The molecule has 134 valence electrons. The number of hydrogen-bond acceptors (Lipinski definition) is 6. The first kappa shape index (κ1) is 19.0. The minimum absolute atomic E-state index is 0.0815. The molecular weight excluding hydrogens is 367 g/mol. The molecule has 2 aromatic rings. The van der Waals surface area contributed by atoms with Gasteiger partial charge in [-0.2, -0.15) is 3.89 Å². The van der Waals surface area contributed by atoms with Gasteiger partial charge in [-0.1, -0.05) is 6.07 Å². The van der Waals surface area contributed by atoms with E-state index < -0.39 is 16.1 Å². The highest BCUT2D eigenvalue weighted by molar-refractivity contribution is 7.94. The summed E-state index contributed by atoms with van der Waals surface area (Å²) in [6.45, 7) is 3.41. The van der Waals surface area contributed by atoms with Crippen LogP contribution in [-0.4, -0.2) is 25.5 Å². The van der Waals surface area contributed by atoms with Gasteiger partial charge in [0.1, 0.15) is 4.90 Å². The molecular formula is C15H17FN4O3S2. The molecule has 25 heavy (non-hydrogen) atoms. The van der Waals surface area contributed by atoms with Gasteiger partial charge in [0, 0.05) is 29.0 Å². The summed E-state index contributed by atoms with van der Waals surface area (Å²) in [5, 5.41) is 5.33. The zero-order valence-corrected chi connectivity index (χ0v) is 15.1. The minimum atomic E-state index is -4.14. The van der Waals surface area contributed by atoms with Crippen molar-refractivity contribution >= 4 is 39.6 Å². The van der Waals surface area contributed by atoms with Crippen molar-refractivity contribution in [2.75, 3.05) is 5.32 Å². The van der Waals surface area contributed by atoms with Gasteiger partial charge in [0.2, 0.25) is 0 Å². The lowest BCUT2D eigenvalue weighted by atomic mass is 10.3. The molecule has 0 unspecified atom stereocenters. The number of hydrogen-bond donors (Lipinski definition) is 3. The molecule has 0 saturated carbocycles. The van der Waals surface area contributed by atoms with Gasteiger partial charge in [0.05, 0.1) is 17.8 Å². The van der Waals surface area contributed by atoms with Crippen LogP contribution < -0.4 is 15.4 Å².